The largest absolute Gasteiger partial charge is 0.495 e. The fourth-order valence-corrected chi connectivity index (χ4v) is 6.39. The van der Waals surface area contributed by atoms with E-state index in [1.165, 1.54) is 38.5 Å². The van der Waals surface area contributed by atoms with Crippen LogP contribution in [-0.2, 0) is 4.84 Å². The van der Waals surface area contributed by atoms with E-state index in [0.717, 1.165) is 6.07 Å². The number of carboxylic acid groups (broad SMARTS) is 1. The first-order valence-corrected chi connectivity index (χ1v) is 18.0. The van der Waals surface area contributed by atoms with Crippen LogP contribution in [0.15, 0.2) is 100 Å². The SMILES string of the molecule is COc1ccc(Oc2nc(O)nc(O)n2)cc1/N=c1\ccc2c(-c3ccc(C(=O)ON)cc3C(=O)O)c3ccc(Nc4cc(Oc5nc(O)nc(O)n5)ccc4OC)cc3oc-2c1. The number of carbonyl (C=O) groups is 2. The molecule has 0 saturated carbocycles. The number of benzene rings is 5. The van der Waals surface area contributed by atoms with Crippen molar-refractivity contribution >= 4 is 40.0 Å². The fourth-order valence-electron chi connectivity index (χ4n) is 6.39. The number of rotatable bonds is 12. The van der Waals surface area contributed by atoms with Crippen LogP contribution in [0.1, 0.15) is 20.7 Å². The molecule has 63 heavy (non-hydrogen) atoms. The number of aromatic nitrogens is 6. The average molecular weight is 856 g/mol. The molecule has 2 aliphatic rings. The van der Waals surface area contributed by atoms with Gasteiger partial charge in [-0.1, -0.05) is 6.07 Å². The van der Waals surface area contributed by atoms with Crippen LogP contribution in [-0.4, -0.2) is 81.6 Å². The number of nitrogens with one attached hydrogen (secondary N) is 1. The highest BCUT2D eigenvalue weighted by Crippen LogP contribution is 2.43. The van der Waals surface area contributed by atoms with Crippen LogP contribution in [0.2, 0.25) is 0 Å². The lowest BCUT2D eigenvalue weighted by Gasteiger charge is -2.18. The molecule has 22 nitrogen and oxygen atoms in total. The third-order valence-electron chi connectivity index (χ3n) is 9.02. The van der Waals surface area contributed by atoms with Gasteiger partial charge < -0.3 is 59.1 Å². The van der Waals surface area contributed by atoms with Gasteiger partial charge in [-0.05, 0) is 66.2 Å². The molecule has 6 aromatic rings. The second-order valence-electron chi connectivity index (χ2n) is 12.9. The number of anilines is 2. The van der Waals surface area contributed by atoms with Gasteiger partial charge in [-0.2, -0.15) is 5.90 Å². The predicted molar refractivity (Wildman–Crippen MR) is 216 cm³/mol. The van der Waals surface area contributed by atoms with E-state index >= 15 is 0 Å². The van der Waals surface area contributed by atoms with Crippen LogP contribution in [0.3, 0.4) is 0 Å². The summed E-state index contributed by atoms with van der Waals surface area (Å²) in [6.45, 7) is 0. The first-order chi connectivity index (χ1) is 30.4. The molecule has 0 saturated heterocycles. The maximum Gasteiger partial charge on any atom is 0.356 e. The lowest BCUT2D eigenvalue weighted by atomic mass is 9.90. The van der Waals surface area contributed by atoms with Crippen molar-refractivity contribution in [2.75, 3.05) is 19.5 Å². The predicted octanol–water partition coefficient (Wildman–Crippen LogP) is 5.70. The zero-order valence-corrected chi connectivity index (χ0v) is 32.4. The summed E-state index contributed by atoms with van der Waals surface area (Å²) in [6, 6.07) is 19.6. The number of hydrogen-bond acceptors (Lipinski definition) is 21. The summed E-state index contributed by atoms with van der Waals surface area (Å²) >= 11 is 0. The molecule has 0 bridgehead atoms. The minimum atomic E-state index is -1.34. The highest BCUT2D eigenvalue weighted by Gasteiger charge is 2.24. The Morgan fingerprint density at radius 2 is 1.30 bits per heavy atom. The van der Waals surface area contributed by atoms with Crippen LogP contribution in [0, 0.1) is 0 Å². The second kappa shape index (κ2) is 16.7. The molecule has 8 N–H and O–H groups in total. The minimum absolute atomic E-state index is 0.0889. The highest BCUT2D eigenvalue weighted by atomic mass is 16.7. The number of hydrogen-bond donors (Lipinski definition) is 7. The van der Waals surface area contributed by atoms with Crippen molar-refractivity contribution in [3.05, 3.63) is 107 Å². The first-order valence-electron chi connectivity index (χ1n) is 18.0. The van der Waals surface area contributed by atoms with Crippen LogP contribution in [0.25, 0.3) is 33.4 Å². The zero-order valence-electron chi connectivity index (χ0n) is 32.4. The van der Waals surface area contributed by atoms with Gasteiger partial charge in [-0.25, -0.2) is 14.6 Å². The number of nitrogens with two attached hydrogens (primary N) is 1. The van der Waals surface area contributed by atoms with Gasteiger partial charge in [0.15, 0.2) is 0 Å². The second-order valence-corrected chi connectivity index (χ2v) is 12.9. The van der Waals surface area contributed by atoms with Crippen molar-refractivity contribution in [2.24, 2.45) is 10.9 Å². The van der Waals surface area contributed by atoms with Crippen molar-refractivity contribution in [3.63, 3.8) is 0 Å². The van der Waals surface area contributed by atoms with Gasteiger partial charge in [0.05, 0.1) is 36.4 Å². The Morgan fingerprint density at radius 3 is 1.92 bits per heavy atom. The first kappa shape index (κ1) is 40.5. The minimum Gasteiger partial charge on any atom is -0.495 e. The van der Waals surface area contributed by atoms with Crippen molar-refractivity contribution in [1.82, 2.24) is 29.9 Å². The molecule has 3 heterocycles. The molecular formula is C41H29N9O13. The Kier molecular flexibility index (Phi) is 10.8. The molecular weight excluding hydrogens is 827 g/mol. The summed E-state index contributed by atoms with van der Waals surface area (Å²) in [5.41, 5.74) is 2.26. The molecule has 1 aliphatic carbocycles. The average Bonchev–Trinajstić information content (AvgIpc) is 3.24. The normalized spacial score (nSPS) is 11.3. The molecule has 0 radical (unpaired) electrons. The number of nitrogens with zero attached hydrogens (tertiary/aromatic N) is 7. The molecule has 22 heteroatoms. The van der Waals surface area contributed by atoms with E-state index in [9.17, 15) is 35.1 Å². The summed E-state index contributed by atoms with van der Waals surface area (Å²) in [5.74, 6) is 4.18. The number of carboxylic acids is 1. The quantitative estimate of drug-likeness (QED) is 0.0572. The van der Waals surface area contributed by atoms with E-state index in [1.807, 2.05) is 0 Å². The molecule has 0 atom stereocenters. The Bertz CT molecular complexity index is 3100. The van der Waals surface area contributed by atoms with Crippen LogP contribution in [0.4, 0.5) is 17.1 Å². The Balaban J connectivity index is 1.26. The summed E-state index contributed by atoms with van der Waals surface area (Å²) < 4.78 is 28.9. The Hall–Kier alpha value is -9.31. The maximum absolute atomic E-state index is 12.8. The van der Waals surface area contributed by atoms with Crippen LogP contribution in [0.5, 0.6) is 59.1 Å². The fraction of sp³-hybridized carbons (Fsp3) is 0.0488. The summed E-state index contributed by atoms with van der Waals surface area (Å²) in [4.78, 5) is 55.4. The van der Waals surface area contributed by atoms with Gasteiger partial charge in [0, 0.05) is 46.5 Å². The van der Waals surface area contributed by atoms with Crippen molar-refractivity contribution < 1.29 is 63.3 Å². The Labute approximate surface area is 352 Å². The molecule has 8 rings (SSSR count). The number of ether oxygens (including phenoxy) is 4. The van der Waals surface area contributed by atoms with Gasteiger partial charge >= 0.3 is 48.0 Å². The molecule has 316 valence electrons. The van der Waals surface area contributed by atoms with Crippen LogP contribution >= 0.6 is 0 Å². The highest BCUT2D eigenvalue weighted by molar-refractivity contribution is 6.09. The van der Waals surface area contributed by atoms with Crippen molar-refractivity contribution in [2.45, 2.75) is 0 Å². The lowest BCUT2D eigenvalue weighted by Crippen LogP contribution is -2.12. The summed E-state index contributed by atoms with van der Waals surface area (Å²) in [5, 5.41) is 53.2. The third kappa shape index (κ3) is 8.57. The topological polar surface area (TPSA) is 322 Å². The zero-order chi connectivity index (χ0) is 44.4. The number of methoxy groups -OCH3 is 2. The van der Waals surface area contributed by atoms with Gasteiger partial charge in [-0.3, -0.25) is 0 Å². The molecule has 2 aromatic heterocycles. The number of aromatic carboxylic acids is 1. The van der Waals surface area contributed by atoms with Gasteiger partial charge in [0.2, 0.25) is 0 Å². The molecule has 1 aliphatic heterocycles. The van der Waals surface area contributed by atoms with E-state index < -0.39 is 36.0 Å². The van der Waals surface area contributed by atoms with Gasteiger partial charge in [0.1, 0.15) is 40.0 Å². The lowest BCUT2D eigenvalue weighted by molar-refractivity contribution is 0.0503. The van der Waals surface area contributed by atoms with Crippen molar-refractivity contribution in [1.29, 1.82) is 0 Å². The van der Waals surface area contributed by atoms with Gasteiger partial charge in [0.25, 0.3) is 0 Å². The monoisotopic (exact) mass is 855 g/mol. The number of fused-ring (bicyclic) bond motifs is 2. The smallest absolute Gasteiger partial charge is 0.356 e. The van der Waals surface area contributed by atoms with Crippen molar-refractivity contribution in [3.8, 4) is 81.5 Å². The van der Waals surface area contributed by atoms with E-state index in [4.69, 9.17) is 34.3 Å². The van der Waals surface area contributed by atoms with Gasteiger partial charge in [-0.15, -0.1) is 29.9 Å². The molecule has 0 unspecified atom stereocenters. The van der Waals surface area contributed by atoms with Crippen LogP contribution < -0.4 is 35.5 Å². The summed E-state index contributed by atoms with van der Waals surface area (Å²) in [6.07, 6.45) is 0. The molecule has 0 fully saturated rings. The van der Waals surface area contributed by atoms with E-state index in [-0.39, 0.29) is 57.2 Å². The summed E-state index contributed by atoms with van der Waals surface area (Å²) in [7, 11) is 2.91. The standard InChI is InChI=1S/C41H29N9O13/c1-58-29-11-6-21(60-40-47-36(54)45-37(55)48-40)16-27(29)43-19-4-9-24-31(14-19)62-32-15-20(5-10-25(32)33(24)23-8-3-18(35(53)63-42)13-26(23)34(51)52)44-28-17-22(7-12-30(28)59-2)61-41-49-38(56)46-39(57)50-41/h3-17,43H,42H2,1-2H3,(H,51,52)(H2,45,47,48,54,55)(H2,46,49,50,56,57)/b44-20+. The number of carbonyl (C=O) groups excluding carboxylic acids is 1. The molecule has 0 spiro atoms. The third-order valence-corrected chi connectivity index (χ3v) is 9.02. The van der Waals surface area contributed by atoms with E-state index in [0.29, 0.717) is 44.7 Å². The number of aromatic hydroxyl groups is 4. The molecule has 4 aromatic carbocycles. The van der Waals surface area contributed by atoms with E-state index in [2.05, 4.69) is 40.1 Å². The van der Waals surface area contributed by atoms with E-state index in [1.54, 1.807) is 60.7 Å². The molecule has 0 amide bonds. The maximum atomic E-state index is 12.8. The Morgan fingerprint density at radius 1 is 0.683 bits per heavy atom.